The lowest BCUT2D eigenvalue weighted by Crippen LogP contribution is -2.61. The number of nitrogens with one attached hydrogen (secondary N) is 13. The third kappa shape index (κ3) is 17.9. The second-order valence-electron chi connectivity index (χ2n) is 26.2. The second kappa shape index (κ2) is 33.5. The van der Waals surface area contributed by atoms with Crippen LogP contribution in [0.3, 0.4) is 0 Å². The molecule has 10 atom stereocenters. The number of hydrogen-bond acceptors (Lipinski definition) is 13. The van der Waals surface area contributed by atoms with Crippen molar-refractivity contribution in [3.8, 4) is 0 Å². The summed E-state index contributed by atoms with van der Waals surface area (Å²) in [5.41, 5.74) is 22.5. The Morgan fingerprint density at radius 2 is 0.912 bits per heavy atom. The predicted molar refractivity (Wildman–Crippen MR) is 380 cm³/mol. The number of fused-ring (bicyclic) bond motifs is 4. The van der Waals surface area contributed by atoms with Crippen molar-refractivity contribution in [2.75, 3.05) is 26.2 Å². The van der Waals surface area contributed by atoms with Crippen LogP contribution >= 0.6 is 0 Å². The van der Waals surface area contributed by atoms with Gasteiger partial charge in [-0.25, -0.2) is 0 Å². The number of carboxylic acid groups (broad SMARTS) is 1. The van der Waals surface area contributed by atoms with Crippen LogP contribution in [-0.2, 0) is 78.4 Å². The lowest BCUT2D eigenvalue weighted by Gasteiger charge is -2.33. The number of nitrogens with two attached hydrogens (primary N) is 3. The van der Waals surface area contributed by atoms with Gasteiger partial charge in [0.05, 0.1) is 12.5 Å². The number of carbonyl (C=O) groups is 11. The molecule has 6 heterocycles. The fraction of sp³-hybridized carbons (Fsp3) is 0.389. The van der Waals surface area contributed by atoms with Gasteiger partial charge in [0.25, 0.3) is 0 Å². The van der Waals surface area contributed by atoms with E-state index in [1.54, 1.807) is 37.8 Å². The normalized spacial score (nSPS) is 16.8. The standard InChI is InChI=1S/C72H88N18O12/c1-3-39(2)62(71(102)90-28-13-24-58(90)68(99)82-38-61(92)93)88-67(98)56(31-42-36-80-51-21-10-6-17-46(42)51)85-66(97)55(30-41-35-79-50-20-9-5-16-45(41)50)86-69(100)59-25-14-27-89(59)70(101)57(32-43-37-81-52-22-11-7-18-47(43)52)87-64(95)53(23-12-26-77-72(75)76)83-65(96)54(84-63(94)48(73)33-60(74)91)29-40-34-78-49-19-8-4-15-44(40)49/h4-11,15-22,34-37,39,48,53-59,62,78-81H,3,12-14,23-33,38,73H2,1-2H3,(H2,74,91)(H,82,99)(H,83,96)(H,84,94)(H,85,97)(H,86,100)(H,87,95)(H,88,98)(H,92,93)(H4,75,76,77)/t39-,48-,53-,54-,55-,56-,57-,58-,59-,62-/m0/s1. The minimum Gasteiger partial charge on any atom is -0.480 e. The third-order valence-corrected chi connectivity index (χ3v) is 19.2. The Morgan fingerprint density at radius 3 is 1.36 bits per heavy atom. The number of benzene rings is 4. The van der Waals surface area contributed by atoms with E-state index < -0.39 is 138 Å². The van der Waals surface area contributed by atoms with Crippen LogP contribution in [0.4, 0.5) is 0 Å². The fourth-order valence-electron chi connectivity index (χ4n) is 13.6. The van der Waals surface area contributed by atoms with Crippen molar-refractivity contribution in [2.24, 2.45) is 23.1 Å². The van der Waals surface area contributed by atoms with E-state index in [0.29, 0.717) is 41.5 Å². The van der Waals surface area contributed by atoms with E-state index in [2.05, 4.69) is 62.5 Å². The Morgan fingerprint density at radius 1 is 0.520 bits per heavy atom. The van der Waals surface area contributed by atoms with Crippen LogP contribution in [0.1, 0.15) is 87.5 Å². The summed E-state index contributed by atoms with van der Waals surface area (Å²) >= 11 is 0. The molecule has 2 saturated heterocycles. The maximum Gasteiger partial charge on any atom is 0.322 e. The zero-order valence-electron chi connectivity index (χ0n) is 56.7. The number of guanidine groups is 1. The molecule has 102 heavy (non-hydrogen) atoms. The first-order valence-electron chi connectivity index (χ1n) is 34.3. The number of likely N-dealkylation sites (tertiary alicyclic amines) is 2. The Balaban J connectivity index is 0.941. The molecule has 30 heteroatoms. The number of rotatable bonds is 33. The molecule has 0 saturated carbocycles. The van der Waals surface area contributed by atoms with Gasteiger partial charge < -0.3 is 94.6 Å². The highest BCUT2D eigenvalue weighted by molar-refractivity contribution is 6.01. The Kier molecular flexibility index (Phi) is 24.1. The molecule has 0 unspecified atom stereocenters. The molecule has 538 valence electrons. The molecule has 2 aliphatic heterocycles. The molecule has 0 aliphatic carbocycles. The van der Waals surface area contributed by atoms with Crippen molar-refractivity contribution in [3.05, 3.63) is 144 Å². The van der Waals surface area contributed by atoms with Crippen molar-refractivity contribution >= 4 is 115 Å². The molecular weight excluding hydrogens is 1310 g/mol. The number of aliphatic carboxylic acids is 1. The summed E-state index contributed by atoms with van der Waals surface area (Å²) < 4.78 is 0. The molecular formula is C72H88N18O12. The first kappa shape index (κ1) is 73.2. The van der Waals surface area contributed by atoms with Crippen LogP contribution in [-0.4, -0.2) is 186 Å². The van der Waals surface area contributed by atoms with Gasteiger partial charge in [-0.15, -0.1) is 0 Å². The number of carbonyl (C=O) groups excluding carboxylic acids is 10. The van der Waals surface area contributed by atoms with Gasteiger partial charge in [-0.3, -0.25) is 58.1 Å². The summed E-state index contributed by atoms with van der Waals surface area (Å²) in [4.78, 5) is 172. The van der Waals surface area contributed by atoms with Crippen LogP contribution in [0.2, 0.25) is 0 Å². The summed E-state index contributed by atoms with van der Waals surface area (Å²) in [5.74, 6) is -9.64. The van der Waals surface area contributed by atoms with Gasteiger partial charge in [0.15, 0.2) is 5.96 Å². The SMILES string of the molecule is CC[C@H](C)[C@H](NC(=O)[C@H](Cc1c[nH]c2ccccc12)NC(=O)[C@H](Cc1c[nH]c2ccccc12)NC(=O)[C@@H]1CCCN1C(=O)[C@H](Cc1c[nH]c2ccccc12)NC(=O)[C@H](CCCNC(=N)N)NC(=O)[C@H](Cc1c[nH]c2ccccc12)NC(=O)[C@@H](N)CC(N)=O)C(=O)N1CCC[C@H]1C(=O)NCC(=O)O. The average molecular weight is 1400 g/mol. The van der Waals surface area contributed by atoms with Crippen LogP contribution in [0.25, 0.3) is 43.6 Å². The first-order chi connectivity index (χ1) is 49.0. The highest BCUT2D eigenvalue weighted by Gasteiger charge is 2.43. The maximum absolute atomic E-state index is 15.7. The molecule has 8 aromatic rings. The number of aromatic nitrogens is 4. The van der Waals surface area contributed by atoms with Crippen molar-refractivity contribution in [1.82, 2.24) is 72.3 Å². The first-order valence-corrected chi connectivity index (χ1v) is 34.3. The van der Waals surface area contributed by atoms with Crippen LogP contribution in [0.15, 0.2) is 122 Å². The van der Waals surface area contributed by atoms with Crippen LogP contribution in [0.5, 0.6) is 0 Å². The lowest BCUT2D eigenvalue weighted by atomic mass is 9.96. The largest absolute Gasteiger partial charge is 0.480 e. The number of hydrogen-bond donors (Lipinski definition) is 17. The van der Waals surface area contributed by atoms with E-state index in [9.17, 15) is 33.9 Å². The molecule has 2 aliphatic rings. The minimum atomic E-state index is -1.43. The summed E-state index contributed by atoms with van der Waals surface area (Å²) in [7, 11) is 0. The van der Waals surface area contributed by atoms with E-state index in [0.717, 1.165) is 43.6 Å². The third-order valence-electron chi connectivity index (χ3n) is 19.2. The Hall–Kier alpha value is -11.6. The van der Waals surface area contributed by atoms with E-state index in [-0.39, 0.29) is 77.0 Å². The number of amides is 10. The molecule has 10 amide bonds. The molecule has 2 fully saturated rings. The molecule has 0 radical (unpaired) electrons. The van der Waals surface area contributed by atoms with E-state index in [1.807, 2.05) is 97.9 Å². The predicted octanol–water partition coefficient (Wildman–Crippen LogP) is 1.49. The van der Waals surface area contributed by atoms with Gasteiger partial charge in [-0.1, -0.05) is 93.1 Å². The minimum absolute atomic E-state index is 0.0363. The smallest absolute Gasteiger partial charge is 0.322 e. The van der Waals surface area contributed by atoms with Crippen molar-refractivity contribution in [3.63, 3.8) is 0 Å². The van der Waals surface area contributed by atoms with Crippen molar-refractivity contribution in [1.29, 1.82) is 5.41 Å². The molecule has 0 spiro atoms. The number of H-pyrrole nitrogens is 4. The molecule has 30 nitrogen and oxygen atoms in total. The summed E-state index contributed by atoms with van der Waals surface area (Å²) in [6, 6.07) is 17.4. The van der Waals surface area contributed by atoms with Crippen LogP contribution in [0, 0.1) is 11.3 Å². The molecule has 4 aromatic carbocycles. The van der Waals surface area contributed by atoms with Crippen molar-refractivity contribution in [2.45, 2.75) is 145 Å². The fourth-order valence-corrected chi connectivity index (χ4v) is 13.6. The highest BCUT2D eigenvalue weighted by atomic mass is 16.4. The van der Waals surface area contributed by atoms with Gasteiger partial charge in [0.2, 0.25) is 59.1 Å². The van der Waals surface area contributed by atoms with E-state index >= 15 is 24.0 Å². The second-order valence-corrected chi connectivity index (χ2v) is 26.2. The number of aromatic amines is 4. The zero-order valence-corrected chi connectivity index (χ0v) is 56.7. The number of nitrogens with zero attached hydrogens (tertiary/aromatic N) is 2. The zero-order chi connectivity index (χ0) is 72.7. The maximum atomic E-state index is 15.7. The summed E-state index contributed by atoms with van der Waals surface area (Å²) in [5, 5.41) is 42.3. The Labute approximate surface area is 586 Å². The highest BCUT2D eigenvalue weighted by Crippen LogP contribution is 2.28. The van der Waals surface area contributed by atoms with Gasteiger partial charge in [0, 0.05) is 114 Å². The topological polar surface area (TPSA) is 476 Å². The van der Waals surface area contributed by atoms with Gasteiger partial charge in [-0.05, 0) is 91.0 Å². The molecule has 20 N–H and O–H groups in total. The van der Waals surface area contributed by atoms with Gasteiger partial charge >= 0.3 is 5.97 Å². The van der Waals surface area contributed by atoms with Gasteiger partial charge in [0.1, 0.15) is 54.9 Å². The van der Waals surface area contributed by atoms with Gasteiger partial charge in [-0.2, -0.15) is 0 Å². The summed E-state index contributed by atoms with van der Waals surface area (Å²) in [6.07, 6.45) is 7.43. The number of primary amides is 1. The monoisotopic (exact) mass is 1400 g/mol. The van der Waals surface area contributed by atoms with E-state index in [1.165, 1.54) is 9.80 Å². The van der Waals surface area contributed by atoms with E-state index in [4.69, 9.17) is 22.6 Å². The van der Waals surface area contributed by atoms with Crippen molar-refractivity contribution < 1.29 is 57.8 Å². The lowest BCUT2D eigenvalue weighted by molar-refractivity contribution is -0.144. The number of para-hydroxylation sites is 4. The Bertz CT molecular complexity index is 4420. The molecule has 10 rings (SSSR count). The molecule has 4 aromatic heterocycles. The molecule has 0 bridgehead atoms. The average Bonchev–Trinajstić information content (AvgIpc) is 1.57. The van der Waals surface area contributed by atoms with Crippen LogP contribution < -0.4 is 59.7 Å². The number of carboxylic acids is 1. The quantitative estimate of drug-likeness (QED) is 0.0157. The summed E-state index contributed by atoms with van der Waals surface area (Å²) in [6.45, 7) is 3.25.